The number of ketones is 1. The lowest BCUT2D eigenvalue weighted by atomic mass is 10.1. The number of likely N-dealkylation sites (N-methyl/N-ethyl adjacent to an activating group) is 2. The molecule has 1 heterocycles. The lowest BCUT2D eigenvalue weighted by Gasteiger charge is -2.29. The van der Waals surface area contributed by atoms with Crippen molar-refractivity contribution in [2.24, 2.45) is 0 Å². The summed E-state index contributed by atoms with van der Waals surface area (Å²) in [5, 5.41) is 6.72. The van der Waals surface area contributed by atoms with E-state index in [2.05, 4.69) is 27.5 Å². The normalized spacial score (nSPS) is 27.1. The van der Waals surface area contributed by atoms with Gasteiger partial charge in [0.25, 0.3) is 0 Å². The highest BCUT2D eigenvalue weighted by molar-refractivity contribution is 5.81. The first kappa shape index (κ1) is 14.6. The van der Waals surface area contributed by atoms with E-state index in [1.54, 1.807) is 6.92 Å². The van der Waals surface area contributed by atoms with Crippen LogP contribution in [0.3, 0.4) is 0 Å². The van der Waals surface area contributed by atoms with Gasteiger partial charge in [0.05, 0.1) is 6.04 Å². The van der Waals surface area contributed by atoms with Gasteiger partial charge in [-0.2, -0.15) is 0 Å². The molecule has 0 aromatic carbocycles. The maximum atomic E-state index is 11.6. The second-order valence-corrected chi connectivity index (χ2v) is 4.86. The highest BCUT2D eigenvalue weighted by Gasteiger charge is 2.19. The monoisotopic (exact) mass is 242 g/mol. The Morgan fingerprint density at radius 2 is 1.76 bits per heavy atom. The average molecular weight is 242 g/mol. The zero-order chi connectivity index (χ0) is 12.7. The van der Waals surface area contributed by atoms with Crippen LogP contribution in [0.2, 0.25) is 0 Å². The molecular formula is C12H26N4O. The molecule has 0 spiro atoms. The number of hydrogen-bond donors (Lipinski definition) is 2. The van der Waals surface area contributed by atoms with Crippen molar-refractivity contribution < 1.29 is 4.79 Å². The van der Waals surface area contributed by atoms with Gasteiger partial charge in [-0.05, 0) is 21.0 Å². The van der Waals surface area contributed by atoms with Crippen LogP contribution >= 0.6 is 0 Å². The Hall–Kier alpha value is -0.490. The van der Waals surface area contributed by atoms with Gasteiger partial charge in [-0.15, -0.1) is 0 Å². The summed E-state index contributed by atoms with van der Waals surface area (Å²) in [5.74, 6) is 0.243. The van der Waals surface area contributed by atoms with Crippen LogP contribution < -0.4 is 10.6 Å². The summed E-state index contributed by atoms with van der Waals surface area (Å²) >= 11 is 0. The second kappa shape index (κ2) is 7.76. The van der Waals surface area contributed by atoms with Crippen molar-refractivity contribution in [3.05, 3.63) is 0 Å². The van der Waals surface area contributed by atoms with Crippen LogP contribution in [-0.4, -0.2) is 81.5 Å². The molecule has 1 saturated heterocycles. The Kier molecular flexibility index (Phi) is 6.65. The molecule has 1 atom stereocenters. The molecule has 17 heavy (non-hydrogen) atoms. The molecule has 0 saturated carbocycles. The fourth-order valence-corrected chi connectivity index (χ4v) is 2.02. The first-order valence-electron chi connectivity index (χ1n) is 6.42. The SMILES string of the molecule is CC(=O)C1CNCCNCCN(C)CCN1C. The van der Waals surface area contributed by atoms with Crippen molar-refractivity contribution in [3.63, 3.8) is 0 Å². The van der Waals surface area contributed by atoms with Gasteiger partial charge in [0.2, 0.25) is 0 Å². The van der Waals surface area contributed by atoms with Crippen LogP contribution in [0.25, 0.3) is 0 Å². The number of nitrogens with zero attached hydrogens (tertiary/aromatic N) is 2. The van der Waals surface area contributed by atoms with E-state index in [4.69, 9.17) is 0 Å². The van der Waals surface area contributed by atoms with Crippen molar-refractivity contribution in [1.29, 1.82) is 0 Å². The number of Topliss-reactive ketones (excluding diaryl/α,β-unsaturated/α-hetero) is 1. The van der Waals surface area contributed by atoms with E-state index in [-0.39, 0.29) is 11.8 Å². The Bertz CT molecular complexity index is 235. The predicted octanol–water partition coefficient (Wildman–Crippen LogP) is -1.000. The van der Waals surface area contributed by atoms with Crippen LogP contribution in [0.1, 0.15) is 6.92 Å². The zero-order valence-corrected chi connectivity index (χ0v) is 11.3. The van der Waals surface area contributed by atoms with Crippen molar-refractivity contribution in [2.75, 3.05) is 59.9 Å². The zero-order valence-electron chi connectivity index (χ0n) is 11.3. The molecule has 0 bridgehead atoms. The second-order valence-electron chi connectivity index (χ2n) is 4.86. The van der Waals surface area contributed by atoms with E-state index in [1.165, 1.54) is 0 Å². The molecule has 1 aliphatic heterocycles. The first-order chi connectivity index (χ1) is 8.11. The molecule has 0 amide bonds. The fourth-order valence-electron chi connectivity index (χ4n) is 2.02. The topological polar surface area (TPSA) is 47.6 Å². The highest BCUT2D eigenvalue weighted by Crippen LogP contribution is 1.98. The third kappa shape index (κ3) is 5.59. The van der Waals surface area contributed by atoms with Crippen LogP contribution in [0.4, 0.5) is 0 Å². The summed E-state index contributed by atoms with van der Waals surface area (Å²) in [6.45, 7) is 8.32. The van der Waals surface area contributed by atoms with Crippen molar-refractivity contribution >= 4 is 5.78 Å². The summed E-state index contributed by atoms with van der Waals surface area (Å²) in [6.07, 6.45) is 0. The summed E-state index contributed by atoms with van der Waals surface area (Å²) in [4.78, 5) is 16.1. The van der Waals surface area contributed by atoms with Gasteiger partial charge in [-0.25, -0.2) is 0 Å². The quantitative estimate of drug-likeness (QED) is 0.618. The van der Waals surface area contributed by atoms with Gasteiger partial charge in [0.1, 0.15) is 5.78 Å². The maximum absolute atomic E-state index is 11.6. The highest BCUT2D eigenvalue weighted by atomic mass is 16.1. The van der Waals surface area contributed by atoms with E-state index < -0.39 is 0 Å². The van der Waals surface area contributed by atoms with Gasteiger partial charge in [0, 0.05) is 45.8 Å². The van der Waals surface area contributed by atoms with Crippen molar-refractivity contribution in [2.45, 2.75) is 13.0 Å². The van der Waals surface area contributed by atoms with Gasteiger partial charge in [-0.1, -0.05) is 0 Å². The molecule has 1 rings (SSSR count). The van der Waals surface area contributed by atoms with E-state index in [0.717, 1.165) is 45.8 Å². The third-order valence-corrected chi connectivity index (χ3v) is 3.32. The third-order valence-electron chi connectivity index (χ3n) is 3.32. The lowest BCUT2D eigenvalue weighted by Crippen LogP contribution is -2.49. The minimum absolute atomic E-state index is 0.00262. The van der Waals surface area contributed by atoms with E-state index in [9.17, 15) is 4.79 Å². The molecule has 0 aromatic heterocycles. The molecule has 1 unspecified atom stereocenters. The van der Waals surface area contributed by atoms with Crippen molar-refractivity contribution in [1.82, 2.24) is 20.4 Å². The molecule has 5 nitrogen and oxygen atoms in total. The molecular weight excluding hydrogens is 216 g/mol. The number of hydrogen-bond acceptors (Lipinski definition) is 5. The van der Waals surface area contributed by atoms with Gasteiger partial charge in [-0.3, -0.25) is 9.69 Å². The molecule has 1 fully saturated rings. The predicted molar refractivity (Wildman–Crippen MR) is 70.3 cm³/mol. The summed E-state index contributed by atoms with van der Waals surface area (Å²) in [5.41, 5.74) is 0. The molecule has 100 valence electrons. The van der Waals surface area contributed by atoms with Crippen LogP contribution in [0.15, 0.2) is 0 Å². The largest absolute Gasteiger partial charge is 0.314 e. The molecule has 0 aromatic rings. The smallest absolute Gasteiger partial charge is 0.148 e. The first-order valence-corrected chi connectivity index (χ1v) is 6.42. The van der Waals surface area contributed by atoms with Crippen LogP contribution in [0.5, 0.6) is 0 Å². The van der Waals surface area contributed by atoms with Gasteiger partial charge in [0.15, 0.2) is 0 Å². The van der Waals surface area contributed by atoms with Gasteiger partial charge < -0.3 is 15.5 Å². The molecule has 1 aliphatic rings. The minimum Gasteiger partial charge on any atom is -0.314 e. The summed E-state index contributed by atoms with van der Waals surface area (Å²) < 4.78 is 0. The Morgan fingerprint density at radius 1 is 1.06 bits per heavy atom. The Labute approximate surface area is 105 Å². The Balaban J connectivity index is 2.51. The lowest BCUT2D eigenvalue weighted by molar-refractivity contribution is -0.121. The van der Waals surface area contributed by atoms with Crippen LogP contribution in [-0.2, 0) is 4.79 Å². The number of carbonyl (C=O) groups is 1. The summed E-state index contributed by atoms with van der Waals surface area (Å²) in [6, 6.07) is 0.00262. The standard InChI is InChI=1S/C12H26N4O/c1-11(17)12-10-14-5-4-13-6-7-15(2)8-9-16(12)3/h12-14H,4-10H2,1-3H3. The number of nitrogens with one attached hydrogen (secondary N) is 2. The van der Waals surface area contributed by atoms with Crippen molar-refractivity contribution in [3.8, 4) is 0 Å². The maximum Gasteiger partial charge on any atom is 0.148 e. The molecule has 0 aliphatic carbocycles. The molecule has 5 heteroatoms. The summed E-state index contributed by atoms with van der Waals surface area (Å²) in [7, 11) is 4.16. The van der Waals surface area contributed by atoms with Gasteiger partial charge >= 0.3 is 0 Å². The number of carbonyl (C=O) groups excluding carboxylic acids is 1. The van der Waals surface area contributed by atoms with E-state index >= 15 is 0 Å². The number of rotatable bonds is 1. The van der Waals surface area contributed by atoms with E-state index in [0.29, 0.717) is 0 Å². The molecule has 0 radical (unpaired) electrons. The Morgan fingerprint density at radius 3 is 2.47 bits per heavy atom. The fraction of sp³-hybridized carbons (Fsp3) is 0.917. The minimum atomic E-state index is 0.00262. The molecule has 2 N–H and O–H groups in total. The van der Waals surface area contributed by atoms with Crippen LogP contribution in [0, 0.1) is 0 Å². The van der Waals surface area contributed by atoms with E-state index in [1.807, 2.05) is 7.05 Å². The average Bonchev–Trinajstić information content (AvgIpc) is 2.27.